The minimum absolute atomic E-state index is 0.0173. The molecule has 1 aliphatic heterocycles. The van der Waals surface area contributed by atoms with Crippen LogP contribution in [0.4, 0.5) is 0 Å². The molecule has 1 aromatic rings. The molecule has 4 heteroatoms. The van der Waals surface area contributed by atoms with Gasteiger partial charge in [-0.15, -0.1) is 0 Å². The molecule has 4 nitrogen and oxygen atoms in total. The second-order valence-electron chi connectivity index (χ2n) is 4.82. The Morgan fingerprint density at radius 2 is 2.28 bits per heavy atom. The van der Waals surface area contributed by atoms with Crippen LogP contribution in [0.1, 0.15) is 24.1 Å². The van der Waals surface area contributed by atoms with Crippen LogP contribution < -0.4 is 5.32 Å². The van der Waals surface area contributed by atoms with E-state index in [9.17, 15) is 4.79 Å². The molecule has 2 unspecified atom stereocenters. The fourth-order valence-electron chi connectivity index (χ4n) is 2.27. The number of fused-ring (bicyclic) bond motifs is 1. The Balaban J connectivity index is 2.22. The highest BCUT2D eigenvalue weighted by Crippen LogP contribution is 2.24. The van der Waals surface area contributed by atoms with E-state index in [2.05, 4.69) is 11.4 Å². The van der Waals surface area contributed by atoms with E-state index in [-0.39, 0.29) is 24.6 Å². The SMILES string of the molecule is CC(CO)N(C)C(=O)C1NCCc2ccccc21. The van der Waals surface area contributed by atoms with Gasteiger partial charge in [-0.25, -0.2) is 0 Å². The van der Waals surface area contributed by atoms with Crippen molar-refractivity contribution in [1.29, 1.82) is 0 Å². The summed E-state index contributed by atoms with van der Waals surface area (Å²) in [6.45, 7) is 2.64. The molecule has 0 aliphatic carbocycles. The van der Waals surface area contributed by atoms with Gasteiger partial charge >= 0.3 is 0 Å². The highest BCUT2D eigenvalue weighted by atomic mass is 16.3. The Morgan fingerprint density at radius 3 is 3.00 bits per heavy atom. The third kappa shape index (κ3) is 2.40. The number of carbonyl (C=O) groups excluding carboxylic acids is 1. The molecular weight excluding hydrogens is 228 g/mol. The summed E-state index contributed by atoms with van der Waals surface area (Å²) in [6.07, 6.45) is 0.958. The summed E-state index contributed by atoms with van der Waals surface area (Å²) < 4.78 is 0. The number of nitrogens with zero attached hydrogens (tertiary/aromatic N) is 1. The van der Waals surface area contributed by atoms with Crippen molar-refractivity contribution >= 4 is 5.91 Å². The van der Waals surface area contributed by atoms with Crippen molar-refractivity contribution in [2.24, 2.45) is 0 Å². The van der Waals surface area contributed by atoms with Crippen LogP contribution in [-0.2, 0) is 11.2 Å². The first kappa shape index (κ1) is 13.1. The van der Waals surface area contributed by atoms with E-state index in [1.165, 1.54) is 5.56 Å². The first-order valence-electron chi connectivity index (χ1n) is 6.34. The summed E-state index contributed by atoms with van der Waals surface area (Å²) in [4.78, 5) is 14.0. The molecule has 0 bridgehead atoms. The number of aliphatic hydroxyl groups is 1. The molecule has 0 saturated carbocycles. The smallest absolute Gasteiger partial charge is 0.244 e. The lowest BCUT2D eigenvalue weighted by molar-refractivity contribution is -0.135. The average Bonchev–Trinajstić information content (AvgIpc) is 2.44. The third-order valence-electron chi connectivity index (χ3n) is 3.63. The Hall–Kier alpha value is -1.39. The van der Waals surface area contributed by atoms with Crippen molar-refractivity contribution in [3.8, 4) is 0 Å². The lowest BCUT2D eigenvalue weighted by Crippen LogP contribution is -2.46. The molecule has 1 aromatic carbocycles. The normalized spacial score (nSPS) is 20.1. The van der Waals surface area contributed by atoms with E-state index < -0.39 is 0 Å². The van der Waals surface area contributed by atoms with Crippen LogP contribution in [0.2, 0.25) is 0 Å². The zero-order chi connectivity index (χ0) is 13.1. The number of rotatable bonds is 3. The van der Waals surface area contributed by atoms with Gasteiger partial charge in [0.1, 0.15) is 6.04 Å². The molecule has 18 heavy (non-hydrogen) atoms. The van der Waals surface area contributed by atoms with Crippen LogP contribution in [0.5, 0.6) is 0 Å². The summed E-state index contributed by atoms with van der Waals surface area (Å²) in [6, 6.07) is 7.60. The average molecular weight is 248 g/mol. The summed E-state index contributed by atoms with van der Waals surface area (Å²) in [5, 5.41) is 12.4. The summed E-state index contributed by atoms with van der Waals surface area (Å²) in [5.41, 5.74) is 2.30. The van der Waals surface area contributed by atoms with E-state index >= 15 is 0 Å². The Bertz CT molecular complexity index is 434. The maximum atomic E-state index is 12.4. The number of carbonyl (C=O) groups is 1. The summed E-state index contributed by atoms with van der Waals surface area (Å²) in [5.74, 6) is 0.0173. The van der Waals surface area contributed by atoms with E-state index in [1.807, 2.05) is 25.1 Å². The molecule has 2 N–H and O–H groups in total. The molecule has 2 rings (SSSR count). The topological polar surface area (TPSA) is 52.6 Å². The monoisotopic (exact) mass is 248 g/mol. The summed E-state index contributed by atoms with van der Waals surface area (Å²) >= 11 is 0. The van der Waals surface area contributed by atoms with Gasteiger partial charge in [-0.1, -0.05) is 24.3 Å². The van der Waals surface area contributed by atoms with Crippen LogP contribution in [0, 0.1) is 0 Å². The predicted molar refractivity (Wildman–Crippen MR) is 70.2 cm³/mol. The maximum absolute atomic E-state index is 12.4. The van der Waals surface area contributed by atoms with Gasteiger partial charge in [-0.3, -0.25) is 4.79 Å². The highest BCUT2D eigenvalue weighted by Gasteiger charge is 2.29. The first-order chi connectivity index (χ1) is 8.65. The molecule has 2 atom stereocenters. The van der Waals surface area contributed by atoms with Crippen molar-refractivity contribution < 1.29 is 9.90 Å². The maximum Gasteiger partial charge on any atom is 0.244 e. The van der Waals surface area contributed by atoms with Gasteiger partial charge in [0, 0.05) is 13.6 Å². The Labute approximate surface area is 108 Å². The number of aliphatic hydroxyl groups excluding tert-OH is 1. The van der Waals surface area contributed by atoms with Gasteiger partial charge in [-0.05, 0) is 24.5 Å². The highest BCUT2D eigenvalue weighted by molar-refractivity contribution is 5.84. The largest absolute Gasteiger partial charge is 0.394 e. The van der Waals surface area contributed by atoms with Crippen LogP contribution in [-0.4, -0.2) is 42.2 Å². The Morgan fingerprint density at radius 1 is 1.56 bits per heavy atom. The summed E-state index contributed by atoms with van der Waals surface area (Å²) in [7, 11) is 1.74. The van der Waals surface area contributed by atoms with Crippen LogP contribution in [0.25, 0.3) is 0 Å². The van der Waals surface area contributed by atoms with E-state index in [1.54, 1.807) is 11.9 Å². The zero-order valence-electron chi connectivity index (χ0n) is 10.9. The molecule has 0 saturated heterocycles. The van der Waals surface area contributed by atoms with Crippen molar-refractivity contribution in [3.63, 3.8) is 0 Å². The fraction of sp³-hybridized carbons (Fsp3) is 0.500. The first-order valence-corrected chi connectivity index (χ1v) is 6.34. The number of hydrogen-bond donors (Lipinski definition) is 2. The molecule has 0 fully saturated rings. The van der Waals surface area contributed by atoms with Crippen molar-refractivity contribution in [3.05, 3.63) is 35.4 Å². The van der Waals surface area contributed by atoms with Gasteiger partial charge in [0.05, 0.1) is 12.6 Å². The van der Waals surface area contributed by atoms with Crippen molar-refractivity contribution in [2.75, 3.05) is 20.2 Å². The standard InChI is InChI=1S/C14H20N2O2/c1-10(9-17)16(2)14(18)13-12-6-4-3-5-11(12)7-8-15-13/h3-6,10,13,15,17H,7-9H2,1-2H3. The number of nitrogens with one attached hydrogen (secondary N) is 1. The minimum Gasteiger partial charge on any atom is -0.394 e. The minimum atomic E-state index is -0.283. The van der Waals surface area contributed by atoms with Crippen LogP contribution in [0.15, 0.2) is 24.3 Å². The second kappa shape index (κ2) is 5.50. The van der Waals surface area contributed by atoms with Crippen molar-refractivity contribution in [2.45, 2.75) is 25.4 Å². The third-order valence-corrected chi connectivity index (χ3v) is 3.63. The quantitative estimate of drug-likeness (QED) is 0.828. The number of benzene rings is 1. The molecule has 1 heterocycles. The van der Waals surface area contributed by atoms with Gasteiger partial charge in [0.2, 0.25) is 5.91 Å². The molecule has 98 valence electrons. The van der Waals surface area contributed by atoms with E-state index in [4.69, 9.17) is 5.11 Å². The molecule has 0 spiro atoms. The predicted octanol–water partition coefficient (Wildman–Crippen LogP) is 0.713. The van der Waals surface area contributed by atoms with E-state index in [0.29, 0.717) is 0 Å². The van der Waals surface area contributed by atoms with Crippen LogP contribution >= 0.6 is 0 Å². The number of hydrogen-bond acceptors (Lipinski definition) is 3. The molecule has 1 amide bonds. The fourth-order valence-corrected chi connectivity index (χ4v) is 2.27. The second-order valence-corrected chi connectivity index (χ2v) is 4.82. The number of likely N-dealkylation sites (N-methyl/N-ethyl adjacent to an activating group) is 1. The van der Waals surface area contributed by atoms with Crippen LogP contribution in [0.3, 0.4) is 0 Å². The molecule has 0 aromatic heterocycles. The van der Waals surface area contributed by atoms with Gasteiger partial charge in [-0.2, -0.15) is 0 Å². The van der Waals surface area contributed by atoms with Gasteiger partial charge in [0.15, 0.2) is 0 Å². The van der Waals surface area contributed by atoms with Gasteiger partial charge in [0.25, 0.3) is 0 Å². The molecule has 0 radical (unpaired) electrons. The molecular formula is C14H20N2O2. The lowest BCUT2D eigenvalue weighted by Gasteiger charge is -2.32. The van der Waals surface area contributed by atoms with Gasteiger partial charge < -0.3 is 15.3 Å². The number of amides is 1. The lowest BCUT2D eigenvalue weighted by atomic mass is 9.93. The van der Waals surface area contributed by atoms with Crippen molar-refractivity contribution in [1.82, 2.24) is 10.2 Å². The zero-order valence-corrected chi connectivity index (χ0v) is 10.9. The molecule has 1 aliphatic rings. The Kier molecular flexibility index (Phi) is 3.99. The van der Waals surface area contributed by atoms with E-state index in [0.717, 1.165) is 18.5 Å².